The van der Waals surface area contributed by atoms with Gasteiger partial charge in [-0.3, -0.25) is 9.69 Å². The molecule has 1 amide bonds. The number of aromatic nitrogens is 2. The molecule has 0 spiro atoms. The van der Waals surface area contributed by atoms with Crippen LogP contribution in [0.25, 0.3) is 0 Å². The topological polar surface area (TPSA) is 70.6 Å². The highest BCUT2D eigenvalue weighted by Gasteiger charge is 2.22. The summed E-state index contributed by atoms with van der Waals surface area (Å²) in [6, 6.07) is 8.44. The Labute approximate surface area is 180 Å². The van der Waals surface area contributed by atoms with Crippen LogP contribution in [-0.4, -0.2) is 66.4 Å². The second-order valence-electron chi connectivity index (χ2n) is 7.60. The van der Waals surface area contributed by atoms with E-state index >= 15 is 0 Å². The average Bonchev–Trinajstić information content (AvgIpc) is 2.78. The Kier molecular flexibility index (Phi) is 6.76. The Morgan fingerprint density at radius 1 is 1.13 bits per heavy atom. The number of amides is 1. The van der Waals surface area contributed by atoms with E-state index in [1.54, 1.807) is 18.2 Å². The van der Waals surface area contributed by atoms with Crippen molar-refractivity contribution < 1.29 is 13.9 Å². The third kappa shape index (κ3) is 5.06. The number of carbonyl (C=O) groups is 1. The lowest BCUT2D eigenvalue weighted by Crippen LogP contribution is -2.46. The Morgan fingerprint density at radius 2 is 1.90 bits per heavy atom. The quantitative estimate of drug-likeness (QED) is 0.781. The van der Waals surface area contributed by atoms with Gasteiger partial charge in [0.05, 0.1) is 0 Å². The van der Waals surface area contributed by atoms with Gasteiger partial charge in [0.1, 0.15) is 5.82 Å². The first kappa shape index (κ1) is 21.0. The summed E-state index contributed by atoms with van der Waals surface area (Å²) in [5.74, 6) is 0.263. The Balaban J connectivity index is 1.30. The minimum Gasteiger partial charge on any atom is -0.381 e. The van der Waals surface area contributed by atoms with Crippen molar-refractivity contribution in [2.45, 2.75) is 25.4 Å². The first-order chi connectivity index (χ1) is 14.6. The molecule has 160 valence electrons. The molecule has 9 heteroatoms. The average molecular weight is 434 g/mol. The lowest BCUT2D eigenvalue weighted by atomic mass is 10.1. The van der Waals surface area contributed by atoms with Gasteiger partial charge in [-0.25, -0.2) is 4.39 Å². The highest BCUT2D eigenvalue weighted by molar-refractivity contribution is 6.31. The van der Waals surface area contributed by atoms with Crippen molar-refractivity contribution in [3.05, 3.63) is 52.4 Å². The van der Waals surface area contributed by atoms with E-state index in [9.17, 15) is 9.18 Å². The zero-order chi connectivity index (χ0) is 20.9. The lowest BCUT2D eigenvalue weighted by Gasteiger charge is -2.35. The van der Waals surface area contributed by atoms with Gasteiger partial charge in [-0.2, -0.15) is 0 Å². The molecule has 1 N–H and O–H groups in total. The predicted molar refractivity (Wildman–Crippen MR) is 112 cm³/mol. The molecule has 0 bridgehead atoms. The first-order valence-electron chi connectivity index (χ1n) is 10.2. The summed E-state index contributed by atoms with van der Waals surface area (Å²) in [4.78, 5) is 16.6. The maximum absolute atomic E-state index is 14.0. The molecule has 30 heavy (non-hydrogen) atoms. The smallest absolute Gasteiger partial charge is 0.272 e. The molecule has 2 aliphatic rings. The number of halogens is 2. The van der Waals surface area contributed by atoms with Crippen molar-refractivity contribution in [3.63, 3.8) is 0 Å². The van der Waals surface area contributed by atoms with Crippen molar-refractivity contribution in [3.8, 4) is 0 Å². The van der Waals surface area contributed by atoms with Gasteiger partial charge in [-0.05, 0) is 37.1 Å². The van der Waals surface area contributed by atoms with E-state index in [1.807, 2.05) is 6.07 Å². The van der Waals surface area contributed by atoms with E-state index in [4.69, 9.17) is 16.3 Å². The highest BCUT2D eigenvalue weighted by atomic mass is 35.5. The summed E-state index contributed by atoms with van der Waals surface area (Å²) in [5, 5.41) is 11.8. The minimum absolute atomic E-state index is 0.128. The Bertz CT molecular complexity index is 848. The van der Waals surface area contributed by atoms with E-state index in [1.165, 1.54) is 6.07 Å². The van der Waals surface area contributed by atoms with Gasteiger partial charge in [0.2, 0.25) is 0 Å². The van der Waals surface area contributed by atoms with Crippen molar-refractivity contribution in [1.82, 2.24) is 20.4 Å². The predicted octanol–water partition coefficient (Wildman–Crippen LogP) is 2.50. The standard InChI is InChI=1S/C21H25ClFN5O2/c22-17-2-1-3-18(23)16(17)14-27-8-10-28(11-9-27)20-5-4-19(25-26-20)21(29)24-15-6-12-30-13-7-15/h1-5,15H,6-14H2,(H,24,29). The maximum Gasteiger partial charge on any atom is 0.272 e. The Hall–Kier alpha value is -2.29. The molecule has 1 aromatic heterocycles. The third-order valence-corrected chi connectivity index (χ3v) is 5.93. The number of piperazine rings is 1. The molecule has 2 aromatic rings. The number of hydrogen-bond donors (Lipinski definition) is 1. The normalized spacial score (nSPS) is 18.4. The molecule has 1 aromatic carbocycles. The van der Waals surface area contributed by atoms with Gasteiger partial charge in [-0.1, -0.05) is 17.7 Å². The third-order valence-electron chi connectivity index (χ3n) is 5.58. The summed E-state index contributed by atoms with van der Waals surface area (Å²) in [7, 11) is 0. The molecular weight excluding hydrogens is 409 g/mol. The van der Waals surface area contributed by atoms with E-state index in [0.29, 0.717) is 36.0 Å². The Morgan fingerprint density at radius 3 is 2.57 bits per heavy atom. The van der Waals surface area contributed by atoms with E-state index in [0.717, 1.165) is 44.8 Å². The van der Waals surface area contributed by atoms with Gasteiger partial charge < -0.3 is 15.0 Å². The summed E-state index contributed by atoms with van der Waals surface area (Å²) in [5.41, 5.74) is 0.852. The summed E-state index contributed by atoms with van der Waals surface area (Å²) >= 11 is 6.14. The fraction of sp³-hybridized carbons (Fsp3) is 0.476. The molecule has 0 radical (unpaired) electrons. The fourth-order valence-corrected chi connectivity index (χ4v) is 3.98. The fourth-order valence-electron chi connectivity index (χ4n) is 3.76. The molecule has 0 atom stereocenters. The SMILES string of the molecule is O=C(NC1CCOCC1)c1ccc(N2CCN(Cc3c(F)cccc3Cl)CC2)nn1. The molecule has 2 aliphatic heterocycles. The molecule has 0 unspecified atom stereocenters. The van der Waals surface area contributed by atoms with Crippen LogP contribution in [0.5, 0.6) is 0 Å². The van der Waals surface area contributed by atoms with Gasteiger partial charge >= 0.3 is 0 Å². The van der Waals surface area contributed by atoms with Crippen molar-refractivity contribution in [2.24, 2.45) is 0 Å². The van der Waals surface area contributed by atoms with Crippen LogP contribution < -0.4 is 10.2 Å². The number of hydrogen-bond acceptors (Lipinski definition) is 6. The highest BCUT2D eigenvalue weighted by Crippen LogP contribution is 2.22. The monoisotopic (exact) mass is 433 g/mol. The van der Waals surface area contributed by atoms with Gasteiger partial charge in [-0.15, -0.1) is 10.2 Å². The number of rotatable bonds is 5. The van der Waals surface area contributed by atoms with Crippen LogP contribution in [0.4, 0.5) is 10.2 Å². The van der Waals surface area contributed by atoms with Gasteiger partial charge in [0.15, 0.2) is 11.5 Å². The largest absolute Gasteiger partial charge is 0.381 e. The van der Waals surface area contributed by atoms with E-state index in [-0.39, 0.29) is 17.8 Å². The second-order valence-corrected chi connectivity index (χ2v) is 8.01. The molecule has 7 nitrogen and oxygen atoms in total. The van der Waals surface area contributed by atoms with Crippen LogP contribution in [-0.2, 0) is 11.3 Å². The van der Waals surface area contributed by atoms with Crippen LogP contribution in [0.2, 0.25) is 5.02 Å². The second kappa shape index (κ2) is 9.68. The summed E-state index contributed by atoms with van der Waals surface area (Å²) in [6.07, 6.45) is 1.64. The minimum atomic E-state index is -0.273. The number of carbonyl (C=O) groups excluding carboxylic acids is 1. The number of nitrogens with one attached hydrogen (secondary N) is 1. The van der Waals surface area contributed by atoms with Crippen LogP contribution in [0.1, 0.15) is 28.9 Å². The van der Waals surface area contributed by atoms with E-state index < -0.39 is 0 Å². The molecule has 2 saturated heterocycles. The lowest BCUT2D eigenvalue weighted by molar-refractivity contribution is 0.0693. The van der Waals surface area contributed by atoms with Crippen molar-refractivity contribution in [1.29, 1.82) is 0 Å². The first-order valence-corrected chi connectivity index (χ1v) is 10.6. The van der Waals surface area contributed by atoms with E-state index in [2.05, 4.69) is 25.3 Å². The molecule has 4 rings (SSSR count). The maximum atomic E-state index is 14.0. The van der Waals surface area contributed by atoms with Crippen LogP contribution in [0, 0.1) is 5.82 Å². The van der Waals surface area contributed by atoms with Crippen LogP contribution in [0.15, 0.2) is 30.3 Å². The number of nitrogens with zero attached hydrogens (tertiary/aromatic N) is 4. The van der Waals surface area contributed by atoms with Crippen LogP contribution >= 0.6 is 11.6 Å². The molecule has 2 fully saturated rings. The molecular formula is C21H25ClFN5O2. The molecule has 0 saturated carbocycles. The zero-order valence-electron chi connectivity index (χ0n) is 16.7. The van der Waals surface area contributed by atoms with Crippen molar-refractivity contribution >= 4 is 23.3 Å². The number of anilines is 1. The van der Waals surface area contributed by atoms with Crippen LogP contribution in [0.3, 0.4) is 0 Å². The zero-order valence-corrected chi connectivity index (χ0v) is 17.4. The summed E-state index contributed by atoms with van der Waals surface area (Å²) < 4.78 is 19.3. The molecule has 0 aliphatic carbocycles. The summed E-state index contributed by atoms with van der Waals surface area (Å²) in [6.45, 7) is 4.84. The van der Waals surface area contributed by atoms with Gasteiger partial charge in [0, 0.05) is 62.6 Å². The number of benzene rings is 1. The molecule has 3 heterocycles. The number of ether oxygens (including phenoxy) is 1. The van der Waals surface area contributed by atoms with Gasteiger partial charge in [0.25, 0.3) is 5.91 Å². The van der Waals surface area contributed by atoms with Crippen molar-refractivity contribution in [2.75, 3.05) is 44.3 Å².